The van der Waals surface area contributed by atoms with Crippen molar-refractivity contribution >= 4 is 23.9 Å². The van der Waals surface area contributed by atoms with E-state index in [0.717, 1.165) is 49.9 Å². The molecule has 2 aromatic rings. The van der Waals surface area contributed by atoms with E-state index in [1.807, 2.05) is 49.5 Å². The van der Waals surface area contributed by atoms with E-state index in [1.54, 1.807) is 12.7 Å². The number of carbonyl (C=O) groups is 4. The van der Waals surface area contributed by atoms with Crippen molar-refractivity contribution in [2.24, 2.45) is 49.6 Å². The first-order chi connectivity index (χ1) is 23.1. The Morgan fingerprint density at radius 2 is 1.08 bits per heavy atom. The highest BCUT2D eigenvalue weighted by Gasteiger charge is 2.31. The van der Waals surface area contributed by atoms with E-state index in [2.05, 4.69) is 9.97 Å². The lowest BCUT2D eigenvalue weighted by molar-refractivity contribution is -0.159. The first-order valence-electron chi connectivity index (χ1n) is 17.7. The van der Waals surface area contributed by atoms with Gasteiger partial charge in [-0.2, -0.15) is 0 Å². The molecule has 2 aliphatic carbocycles. The smallest absolute Gasteiger partial charge is 0.309 e. The molecule has 0 aromatic carbocycles. The molecule has 2 aliphatic rings. The molecule has 2 saturated carbocycles. The molecule has 48 heavy (non-hydrogen) atoms. The Morgan fingerprint density at radius 1 is 0.688 bits per heavy atom. The molecule has 12 nitrogen and oxygen atoms in total. The molecule has 12 heteroatoms. The summed E-state index contributed by atoms with van der Waals surface area (Å²) in [4.78, 5) is 59.8. The summed E-state index contributed by atoms with van der Waals surface area (Å²) in [6.07, 6.45) is 16.2. The number of aromatic nitrogens is 4. The number of imidazole rings is 2. The van der Waals surface area contributed by atoms with Crippen LogP contribution < -0.4 is 0 Å². The zero-order chi connectivity index (χ0) is 34.5. The number of aryl methyl sites for hydroxylation is 2. The summed E-state index contributed by atoms with van der Waals surface area (Å²) >= 11 is 0. The minimum Gasteiger partial charge on any atom is -0.465 e. The Hall–Kier alpha value is -3.70. The van der Waals surface area contributed by atoms with Crippen molar-refractivity contribution in [3.63, 3.8) is 0 Å². The molecular weight excluding hydrogens is 616 g/mol. The molecule has 0 bridgehead atoms. The molecular formula is C36H54N4O8. The van der Waals surface area contributed by atoms with Crippen LogP contribution in [0.5, 0.6) is 0 Å². The van der Waals surface area contributed by atoms with E-state index in [1.165, 1.54) is 0 Å². The summed E-state index contributed by atoms with van der Waals surface area (Å²) in [7, 11) is 3.80. The SMILES string of the molecule is CC[C@H](C[C@H](COC(=O)C1CCC1)Cc1cn(C)cn1)C(=O)OCCOC(=O)[C@H](CC)C[C@H](COC(=O)C1CCC1)Cc1cn(C)cn1. The van der Waals surface area contributed by atoms with Crippen LogP contribution in [-0.4, -0.2) is 69.4 Å². The topological polar surface area (TPSA) is 141 Å². The van der Waals surface area contributed by atoms with Gasteiger partial charge in [0.25, 0.3) is 0 Å². The zero-order valence-electron chi connectivity index (χ0n) is 29.1. The third kappa shape index (κ3) is 11.5. The van der Waals surface area contributed by atoms with Crippen molar-refractivity contribution in [1.29, 1.82) is 0 Å². The monoisotopic (exact) mass is 670 g/mol. The highest BCUT2D eigenvalue weighted by atomic mass is 16.6. The van der Waals surface area contributed by atoms with Crippen LogP contribution in [0.4, 0.5) is 0 Å². The predicted molar refractivity (Wildman–Crippen MR) is 176 cm³/mol. The summed E-state index contributed by atoms with van der Waals surface area (Å²) in [5.41, 5.74) is 1.75. The van der Waals surface area contributed by atoms with Gasteiger partial charge in [-0.1, -0.05) is 26.7 Å². The van der Waals surface area contributed by atoms with Crippen molar-refractivity contribution in [2.45, 2.75) is 90.9 Å². The molecule has 2 heterocycles. The Labute approximate surface area is 284 Å². The molecule has 0 spiro atoms. The molecule has 2 fully saturated rings. The van der Waals surface area contributed by atoms with Gasteiger partial charge in [-0.05, 0) is 76.0 Å². The number of rotatable bonds is 21. The molecule has 0 amide bonds. The number of carbonyl (C=O) groups excluding carboxylic acids is 4. The highest BCUT2D eigenvalue weighted by molar-refractivity contribution is 5.74. The standard InChI is InChI=1S/C36H54N4O8/c1-5-27(15-25(17-31-19-39(3)23-37-31)21-47-35(43)29-9-7-10-29)33(41)45-13-14-46-34(42)28(6-2)16-26(18-32-20-40(4)24-38-32)22-48-36(44)30-11-8-12-30/h19-20,23-30H,5-18,21-22H2,1-4H3/t25-,26-,27+,28+/m0/s1. The average molecular weight is 671 g/mol. The van der Waals surface area contributed by atoms with Crippen molar-refractivity contribution in [1.82, 2.24) is 19.1 Å². The number of hydrogen-bond acceptors (Lipinski definition) is 10. The van der Waals surface area contributed by atoms with Crippen molar-refractivity contribution in [2.75, 3.05) is 26.4 Å². The second kappa shape index (κ2) is 18.7. The van der Waals surface area contributed by atoms with Gasteiger partial charge in [0.1, 0.15) is 13.2 Å². The summed E-state index contributed by atoms with van der Waals surface area (Å²) in [6, 6.07) is 0. The van der Waals surface area contributed by atoms with Crippen LogP contribution in [0.3, 0.4) is 0 Å². The van der Waals surface area contributed by atoms with Gasteiger partial charge in [0, 0.05) is 26.5 Å². The third-order valence-electron chi connectivity index (χ3n) is 9.77. The van der Waals surface area contributed by atoms with E-state index in [0.29, 0.717) is 38.5 Å². The molecule has 0 saturated heterocycles. The lowest BCUT2D eigenvalue weighted by Crippen LogP contribution is -2.29. The van der Waals surface area contributed by atoms with E-state index in [-0.39, 0.29) is 74.0 Å². The maximum absolute atomic E-state index is 13.1. The van der Waals surface area contributed by atoms with Crippen LogP contribution in [0.25, 0.3) is 0 Å². The number of esters is 4. The van der Waals surface area contributed by atoms with Gasteiger partial charge >= 0.3 is 23.9 Å². The van der Waals surface area contributed by atoms with Crippen LogP contribution in [0, 0.1) is 35.5 Å². The Kier molecular flexibility index (Phi) is 14.5. The molecule has 0 unspecified atom stereocenters. The van der Waals surface area contributed by atoms with Gasteiger partial charge < -0.3 is 28.1 Å². The Balaban J connectivity index is 1.24. The van der Waals surface area contributed by atoms with Gasteiger partial charge in [0.15, 0.2) is 0 Å². The number of nitrogens with zero attached hydrogens (tertiary/aromatic N) is 4. The van der Waals surface area contributed by atoms with Crippen molar-refractivity contribution in [3.05, 3.63) is 36.4 Å². The molecule has 2 aromatic heterocycles. The van der Waals surface area contributed by atoms with Gasteiger partial charge in [-0.25, -0.2) is 9.97 Å². The molecule has 0 N–H and O–H groups in total. The fraction of sp³-hybridized carbons (Fsp3) is 0.722. The first kappa shape index (κ1) is 37.1. The lowest BCUT2D eigenvalue weighted by atomic mass is 9.85. The van der Waals surface area contributed by atoms with E-state index in [9.17, 15) is 19.2 Å². The first-order valence-corrected chi connectivity index (χ1v) is 17.7. The molecule has 4 rings (SSSR count). The van der Waals surface area contributed by atoms with Crippen molar-refractivity contribution < 1.29 is 38.1 Å². The van der Waals surface area contributed by atoms with Crippen LogP contribution in [0.1, 0.15) is 89.4 Å². The molecule has 266 valence electrons. The van der Waals surface area contributed by atoms with Crippen molar-refractivity contribution in [3.8, 4) is 0 Å². The van der Waals surface area contributed by atoms with Gasteiger partial charge in [0.2, 0.25) is 0 Å². The minimum absolute atomic E-state index is 0.0105. The lowest BCUT2D eigenvalue weighted by Gasteiger charge is -2.26. The minimum atomic E-state index is -0.393. The summed E-state index contributed by atoms with van der Waals surface area (Å²) in [5.74, 6) is -2.02. The predicted octanol–water partition coefficient (Wildman–Crippen LogP) is 4.78. The second-order valence-corrected chi connectivity index (χ2v) is 13.7. The Morgan fingerprint density at radius 3 is 1.38 bits per heavy atom. The van der Waals surface area contributed by atoms with E-state index in [4.69, 9.17) is 18.9 Å². The number of ether oxygens (including phenoxy) is 4. The summed E-state index contributed by atoms with van der Waals surface area (Å²) in [6.45, 7) is 4.23. The quantitative estimate of drug-likeness (QED) is 0.104. The van der Waals surface area contributed by atoms with Gasteiger partial charge in [-0.3, -0.25) is 19.2 Å². The Bertz CT molecular complexity index is 1230. The van der Waals surface area contributed by atoms with Crippen LogP contribution in [0.15, 0.2) is 25.0 Å². The molecule has 0 aliphatic heterocycles. The highest BCUT2D eigenvalue weighted by Crippen LogP contribution is 2.30. The van der Waals surface area contributed by atoms with Gasteiger partial charge in [0.05, 0.1) is 60.9 Å². The van der Waals surface area contributed by atoms with Gasteiger partial charge in [-0.15, -0.1) is 0 Å². The number of hydrogen-bond donors (Lipinski definition) is 0. The van der Waals surface area contributed by atoms with Crippen LogP contribution in [0.2, 0.25) is 0 Å². The molecule has 4 atom stereocenters. The van der Waals surface area contributed by atoms with Crippen LogP contribution >= 0.6 is 0 Å². The summed E-state index contributed by atoms with van der Waals surface area (Å²) in [5, 5.41) is 0. The normalized spacial score (nSPS) is 17.3. The average Bonchev–Trinajstić information content (AvgIpc) is 3.62. The third-order valence-corrected chi connectivity index (χ3v) is 9.77. The largest absolute Gasteiger partial charge is 0.465 e. The maximum Gasteiger partial charge on any atom is 0.309 e. The zero-order valence-corrected chi connectivity index (χ0v) is 29.1. The van der Waals surface area contributed by atoms with E-state index < -0.39 is 11.8 Å². The van der Waals surface area contributed by atoms with E-state index >= 15 is 0 Å². The second-order valence-electron chi connectivity index (χ2n) is 13.7. The summed E-state index contributed by atoms with van der Waals surface area (Å²) < 4.78 is 26.2. The fourth-order valence-electron chi connectivity index (χ4n) is 6.26. The fourth-order valence-corrected chi connectivity index (χ4v) is 6.26. The molecule has 0 radical (unpaired) electrons. The van der Waals surface area contributed by atoms with Crippen LogP contribution in [-0.2, 0) is 65.1 Å². The maximum atomic E-state index is 13.1.